The van der Waals surface area contributed by atoms with E-state index in [9.17, 15) is 4.79 Å². The van der Waals surface area contributed by atoms with Gasteiger partial charge in [-0.3, -0.25) is 9.78 Å². The Hall–Kier alpha value is -1.89. The third-order valence-corrected chi connectivity index (χ3v) is 1.56. The van der Waals surface area contributed by atoms with Gasteiger partial charge >= 0.3 is 0 Å². The molecule has 0 fully saturated rings. The number of carbonyl (C=O) groups is 1. The second-order valence-corrected chi connectivity index (χ2v) is 2.31. The number of rotatable bonds is 1. The molecule has 0 aliphatic rings. The van der Waals surface area contributed by atoms with Crippen molar-refractivity contribution in [1.29, 1.82) is 5.26 Å². The molecule has 0 aliphatic heterocycles. The number of nitrogens with zero attached hydrogens (tertiary/aromatic N) is 2. The zero-order valence-corrected chi connectivity index (χ0v) is 6.53. The highest BCUT2D eigenvalue weighted by molar-refractivity contribution is 5.92. The molecule has 4 nitrogen and oxygen atoms in total. The van der Waals surface area contributed by atoms with Crippen molar-refractivity contribution in [2.24, 2.45) is 5.73 Å². The van der Waals surface area contributed by atoms with E-state index in [-0.39, 0.29) is 5.69 Å². The maximum atomic E-state index is 10.7. The van der Waals surface area contributed by atoms with E-state index in [1.807, 2.05) is 6.07 Å². The normalized spacial score (nSPS) is 9.00. The van der Waals surface area contributed by atoms with Crippen molar-refractivity contribution < 1.29 is 4.79 Å². The molecule has 0 aromatic carbocycles. The largest absolute Gasteiger partial charge is 0.364 e. The summed E-state index contributed by atoms with van der Waals surface area (Å²) in [6, 6.07) is 3.49. The molecule has 1 aromatic heterocycles. The van der Waals surface area contributed by atoms with E-state index in [2.05, 4.69) is 4.98 Å². The molecule has 0 radical (unpaired) electrons. The van der Waals surface area contributed by atoms with Crippen LogP contribution in [0.4, 0.5) is 0 Å². The summed E-state index contributed by atoms with van der Waals surface area (Å²) in [6.45, 7) is 1.64. The van der Waals surface area contributed by atoms with Crippen molar-refractivity contribution in [2.75, 3.05) is 0 Å². The lowest BCUT2D eigenvalue weighted by atomic mass is 10.1. The minimum Gasteiger partial charge on any atom is -0.364 e. The van der Waals surface area contributed by atoms with Gasteiger partial charge in [0.05, 0.1) is 11.6 Å². The first-order valence-electron chi connectivity index (χ1n) is 3.32. The van der Waals surface area contributed by atoms with Gasteiger partial charge in [0.15, 0.2) is 0 Å². The van der Waals surface area contributed by atoms with Crippen LogP contribution in [0.3, 0.4) is 0 Å². The number of carbonyl (C=O) groups excluding carboxylic acids is 1. The average Bonchev–Trinajstić information content (AvgIpc) is 2.04. The second-order valence-electron chi connectivity index (χ2n) is 2.31. The van der Waals surface area contributed by atoms with Crippen molar-refractivity contribution >= 4 is 5.91 Å². The molecule has 0 bridgehead atoms. The zero-order chi connectivity index (χ0) is 9.14. The number of amides is 1. The van der Waals surface area contributed by atoms with Crippen molar-refractivity contribution in [2.45, 2.75) is 6.92 Å². The number of pyridine rings is 1. The third-order valence-electron chi connectivity index (χ3n) is 1.56. The van der Waals surface area contributed by atoms with Gasteiger partial charge in [-0.05, 0) is 18.6 Å². The summed E-state index contributed by atoms with van der Waals surface area (Å²) in [7, 11) is 0. The van der Waals surface area contributed by atoms with Gasteiger partial charge in [0.1, 0.15) is 5.69 Å². The van der Waals surface area contributed by atoms with E-state index in [1.165, 1.54) is 6.20 Å². The standard InChI is InChI=1S/C8H7N3O/c1-5-6(4-9)2-3-11-7(5)8(10)12/h2-3H,1H3,(H2,10,12). The number of hydrogen-bond donors (Lipinski definition) is 1. The van der Waals surface area contributed by atoms with Crippen LogP contribution < -0.4 is 5.73 Å². The van der Waals surface area contributed by atoms with E-state index in [1.54, 1.807) is 13.0 Å². The fourth-order valence-corrected chi connectivity index (χ4v) is 0.905. The van der Waals surface area contributed by atoms with Gasteiger partial charge in [-0.2, -0.15) is 5.26 Å². The molecule has 12 heavy (non-hydrogen) atoms. The summed E-state index contributed by atoms with van der Waals surface area (Å²) in [6.07, 6.45) is 1.39. The summed E-state index contributed by atoms with van der Waals surface area (Å²) >= 11 is 0. The summed E-state index contributed by atoms with van der Waals surface area (Å²) < 4.78 is 0. The molecule has 1 heterocycles. The molecule has 1 amide bonds. The first-order chi connectivity index (χ1) is 5.66. The molecule has 1 rings (SSSR count). The van der Waals surface area contributed by atoms with Crippen LogP contribution in [0.1, 0.15) is 21.6 Å². The molecule has 60 valence electrons. The lowest BCUT2D eigenvalue weighted by molar-refractivity contribution is 0.0995. The predicted molar refractivity (Wildman–Crippen MR) is 42.2 cm³/mol. The van der Waals surface area contributed by atoms with Crippen molar-refractivity contribution in [3.8, 4) is 6.07 Å². The van der Waals surface area contributed by atoms with Crippen LogP contribution in [-0.4, -0.2) is 10.9 Å². The Balaban J connectivity index is 3.35. The molecular formula is C8H7N3O. The molecule has 1 aromatic rings. The maximum absolute atomic E-state index is 10.7. The van der Waals surface area contributed by atoms with E-state index in [4.69, 9.17) is 11.0 Å². The second kappa shape index (κ2) is 3.01. The van der Waals surface area contributed by atoms with Gasteiger partial charge in [0, 0.05) is 6.20 Å². The van der Waals surface area contributed by atoms with Gasteiger partial charge in [0.25, 0.3) is 5.91 Å². The highest BCUT2D eigenvalue weighted by atomic mass is 16.1. The van der Waals surface area contributed by atoms with E-state index < -0.39 is 5.91 Å². The summed E-state index contributed by atoms with van der Waals surface area (Å²) in [4.78, 5) is 14.5. The summed E-state index contributed by atoms with van der Waals surface area (Å²) in [5.74, 6) is -0.607. The minimum absolute atomic E-state index is 0.161. The lowest BCUT2D eigenvalue weighted by Gasteiger charge is -2.00. The molecule has 0 aliphatic carbocycles. The highest BCUT2D eigenvalue weighted by Crippen LogP contribution is 2.08. The Morgan fingerprint density at radius 1 is 1.75 bits per heavy atom. The topological polar surface area (TPSA) is 79.8 Å². The van der Waals surface area contributed by atoms with E-state index in [0.717, 1.165) is 0 Å². The number of nitriles is 1. The first-order valence-corrected chi connectivity index (χ1v) is 3.32. The van der Waals surface area contributed by atoms with Gasteiger partial charge < -0.3 is 5.73 Å². The van der Waals surface area contributed by atoms with Gasteiger partial charge in [-0.15, -0.1) is 0 Å². The molecule has 0 unspecified atom stereocenters. The van der Waals surface area contributed by atoms with Gasteiger partial charge in [-0.25, -0.2) is 0 Å². The summed E-state index contributed by atoms with van der Waals surface area (Å²) in [5, 5.41) is 8.59. The molecular weight excluding hydrogens is 154 g/mol. The van der Waals surface area contributed by atoms with Crippen molar-refractivity contribution in [3.63, 3.8) is 0 Å². The van der Waals surface area contributed by atoms with Crippen LogP contribution in [0.5, 0.6) is 0 Å². The Bertz CT molecular complexity index is 365. The molecule has 4 heteroatoms. The highest BCUT2D eigenvalue weighted by Gasteiger charge is 2.08. The van der Waals surface area contributed by atoms with Crippen LogP contribution in [0.25, 0.3) is 0 Å². The molecule has 0 saturated carbocycles. The van der Waals surface area contributed by atoms with E-state index >= 15 is 0 Å². The van der Waals surface area contributed by atoms with Gasteiger partial charge in [0.2, 0.25) is 0 Å². The Labute approximate surface area is 69.6 Å². The average molecular weight is 161 g/mol. The smallest absolute Gasteiger partial charge is 0.267 e. The third kappa shape index (κ3) is 1.25. The monoisotopic (exact) mass is 161 g/mol. The van der Waals surface area contributed by atoms with Crippen LogP contribution in [-0.2, 0) is 0 Å². The molecule has 0 atom stereocenters. The number of aromatic nitrogens is 1. The molecule has 0 spiro atoms. The Morgan fingerprint density at radius 2 is 2.42 bits per heavy atom. The Morgan fingerprint density at radius 3 is 2.92 bits per heavy atom. The molecule has 0 saturated heterocycles. The first kappa shape index (κ1) is 8.21. The maximum Gasteiger partial charge on any atom is 0.267 e. The van der Waals surface area contributed by atoms with Crippen molar-refractivity contribution in [1.82, 2.24) is 4.98 Å². The molecule has 2 N–H and O–H groups in total. The van der Waals surface area contributed by atoms with Crippen LogP contribution in [0, 0.1) is 18.3 Å². The number of hydrogen-bond acceptors (Lipinski definition) is 3. The summed E-state index contributed by atoms with van der Waals surface area (Å²) in [5.41, 5.74) is 6.15. The number of primary amides is 1. The Kier molecular flexibility index (Phi) is 2.06. The SMILES string of the molecule is Cc1c(C#N)ccnc1C(N)=O. The predicted octanol–water partition coefficient (Wildman–Crippen LogP) is 0.361. The zero-order valence-electron chi connectivity index (χ0n) is 6.53. The van der Waals surface area contributed by atoms with Gasteiger partial charge in [-0.1, -0.05) is 0 Å². The van der Waals surface area contributed by atoms with Crippen molar-refractivity contribution in [3.05, 3.63) is 29.1 Å². The van der Waals surface area contributed by atoms with Crippen LogP contribution >= 0.6 is 0 Å². The minimum atomic E-state index is -0.607. The van der Waals surface area contributed by atoms with Crippen LogP contribution in [0.15, 0.2) is 12.3 Å². The quantitative estimate of drug-likeness (QED) is 0.645. The van der Waals surface area contributed by atoms with Crippen LogP contribution in [0.2, 0.25) is 0 Å². The number of nitrogens with two attached hydrogens (primary N) is 1. The lowest BCUT2D eigenvalue weighted by Crippen LogP contribution is -2.15. The fraction of sp³-hybridized carbons (Fsp3) is 0.125. The fourth-order valence-electron chi connectivity index (χ4n) is 0.905. The van der Waals surface area contributed by atoms with E-state index in [0.29, 0.717) is 11.1 Å².